The molecule has 112 valence electrons. The number of ether oxygens (including phenoxy) is 2. The van der Waals surface area contributed by atoms with Crippen molar-refractivity contribution in [3.63, 3.8) is 0 Å². The highest BCUT2D eigenvalue weighted by Gasteiger charge is 2.13. The summed E-state index contributed by atoms with van der Waals surface area (Å²) in [4.78, 5) is 0. The largest absolute Gasteiger partial charge is 0.493 e. The van der Waals surface area contributed by atoms with Gasteiger partial charge in [0, 0.05) is 11.1 Å². The van der Waals surface area contributed by atoms with E-state index in [0.29, 0.717) is 23.3 Å². The topological polar surface area (TPSA) is 57.4 Å². The van der Waals surface area contributed by atoms with Gasteiger partial charge >= 0.3 is 0 Å². The van der Waals surface area contributed by atoms with Gasteiger partial charge in [-0.3, -0.25) is 0 Å². The Morgan fingerprint density at radius 3 is 2.00 bits per heavy atom. The molecule has 1 heterocycles. The summed E-state index contributed by atoms with van der Waals surface area (Å²) in [5.41, 5.74) is 2.86. The average Bonchev–Trinajstić information content (AvgIpc) is 3.05. The van der Waals surface area contributed by atoms with E-state index >= 15 is 0 Å². The van der Waals surface area contributed by atoms with E-state index in [1.807, 2.05) is 49.4 Å². The van der Waals surface area contributed by atoms with E-state index < -0.39 is 0 Å². The first-order chi connectivity index (χ1) is 10.7. The van der Waals surface area contributed by atoms with Gasteiger partial charge in [0.05, 0.1) is 14.2 Å². The maximum absolute atomic E-state index is 5.75. The first-order valence-electron chi connectivity index (χ1n) is 6.84. The van der Waals surface area contributed by atoms with Crippen molar-refractivity contribution in [3.8, 4) is 34.4 Å². The molecule has 5 heteroatoms. The Morgan fingerprint density at radius 2 is 1.36 bits per heavy atom. The van der Waals surface area contributed by atoms with Crippen LogP contribution in [0.5, 0.6) is 11.5 Å². The van der Waals surface area contributed by atoms with Crippen molar-refractivity contribution in [2.24, 2.45) is 0 Å². The Morgan fingerprint density at radius 1 is 0.773 bits per heavy atom. The molecule has 0 radical (unpaired) electrons. The molecule has 0 fully saturated rings. The normalized spacial score (nSPS) is 10.5. The first-order valence-corrected chi connectivity index (χ1v) is 6.84. The van der Waals surface area contributed by atoms with Gasteiger partial charge in [-0.25, -0.2) is 0 Å². The molecule has 0 saturated carbocycles. The Balaban J connectivity index is 1.95. The third-order valence-electron chi connectivity index (χ3n) is 3.35. The molecule has 0 saturated heterocycles. The average molecular weight is 296 g/mol. The molecule has 3 aromatic rings. The summed E-state index contributed by atoms with van der Waals surface area (Å²) in [6.07, 6.45) is 0. The highest BCUT2D eigenvalue weighted by molar-refractivity contribution is 5.61. The van der Waals surface area contributed by atoms with Crippen molar-refractivity contribution in [2.45, 2.75) is 6.92 Å². The zero-order valence-corrected chi connectivity index (χ0v) is 12.7. The standard InChI is InChI=1S/C17H16N2O3/c1-11-4-6-12(7-5-11)16-18-19-17(22-16)13-8-9-14(20-2)15(10-13)21-3/h4-10H,1-3H3. The van der Waals surface area contributed by atoms with Gasteiger partial charge in [0.15, 0.2) is 11.5 Å². The SMILES string of the molecule is COc1ccc(-c2nnc(-c3ccc(C)cc3)o2)cc1OC. The third-order valence-corrected chi connectivity index (χ3v) is 3.35. The molecule has 0 amide bonds. The van der Waals surface area contributed by atoms with Crippen LogP contribution in [0.15, 0.2) is 46.9 Å². The highest BCUT2D eigenvalue weighted by atomic mass is 16.5. The fourth-order valence-corrected chi connectivity index (χ4v) is 2.12. The number of benzene rings is 2. The minimum Gasteiger partial charge on any atom is -0.493 e. The second-order valence-corrected chi connectivity index (χ2v) is 4.85. The molecule has 2 aromatic carbocycles. The van der Waals surface area contributed by atoms with E-state index in [-0.39, 0.29) is 0 Å². The van der Waals surface area contributed by atoms with Gasteiger partial charge in [-0.2, -0.15) is 0 Å². The molecule has 0 unspecified atom stereocenters. The van der Waals surface area contributed by atoms with E-state index in [9.17, 15) is 0 Å². The van der Waals surface area contributed by atoms with Crippen LogP contribution in [0, 0.1) is 6.92 Å². The Labute approximate surface area is 128 Å². The predicted octanol–water partition coefficient (Wildman–Crippen LogP) is 3.73. The Bertz CT molecular complexity index is 779. The van der Waals surface area contributed by atoms with Crippen molar-refractivity contribution in [3.05, 3.63) is 48.0 Å². The zero-order valence-electron chi connectivity index (χ0n) is 12.7. The van der Waals surface area contributed by atoms with Crippen LogP contribution in [-0.4, -0.2) is 24.4 Å². The summed E-state index contributed by atoms with van der Waals surface area (Å²) in [5, 5.41) is 8.20. The summed E-state index contributed by atoms with van der Waals surface area (Å²) in [6, 6.07) is 13.4. The van der Waals surface area contributed by atoms with Crippen LogP contribution in [0.4, 0.5) is 0 Å². The lowest BCUT2D eigenvalue weighted by Gasteiger charge is -2.07. The lowest BCUT2D eigenvalue weighted by atomic mass is 10.1. The van der Waals surface area contributed by atoms with Gasteiger partial charge in [-0.15, -0.1) is 10.2 Å². The lowest BCUT2D eigenvalue weighted by molar-refractivity contribution is 0.355. The number of aromatic nitrogens is 2. The van der Waals surface area contributed by atoms with Crippen molar-refractivity contribution in [2.75, 3.05) is 14.2 Å². The monoisotopic (exact) mass is 296 g/mol. The number of methoxy groups -OCH3 is 2. The van der Waals surface area contributed by atoms with Crippen molar-refractivity contribution in [1.29, 1.82) is 0 Å². The van der Waals surface area contributed by atoms with E-state index in [0.717, 1.165) is 11.1 Å². The van der Waals surface area contributed by atoms with Crippen molar-refractivity contribution < 1.29 is 13.9 Å². The number of nitrogens with zero attached hydrogens (tertiary/aromatic N) is 2. The molecule has 0 aliphatic rings. The molecule has 0 N–H and O–H groups in total. The molecule has 5 nitrogen and oxygen atoms in total. The lowest BCUT2D eigenvalue weighted by Crippen LogP contribution is -1.90. The van der Waals surface area contributed by atoms with Crippen LogP contribution in [0.3, 0.4) is 0 Å². The molecular formula is C17H16N2O3. The van der Waals surface area contributed by atoms with Gasteiger partial charge in [0.2, 0.25) is 11.8 Å². The zero-order chi connectivity index (χ0) is 15.5. The molecule has 0 spiro atoms. The summed E-state index contributed by atoms with van der Waals surface area (Å²) in [5.74, 6) is 2.21. The van der Waals surface area contributed by atoms with Gasteiger partial charge < -0.3 is 13.9 Å². The fraction of sp³-hybridized carbons (Fsp3) is 0.176. The summed E-state index contributed by atoms with van der Waals surface area (Å²) in [7, 11) is 3.19. The molecular weight excluding hydrogens is 280 g/mol. The fourth-order valence-electron chi connectivity index (χ4n) is 2.12. The minimum absolute atomic E-state index is 0.441. The second kappa shape index (κ2) is 5.89. The minimum atomic E-state index is 0.441. The smallest absolute Gasteiger partial charge is 0.248 e. The quantitative estimate of drug-likeness (QED) is 0.734. The van der Waals surface area contributed by atoms with E-state index in [4.69, 9.17) is 13.9 Å². The second-order valence-electron chi connectivity index (χ2n) is 4.85. The summed E-state index contributed by atoms with van der Waals surface area (Å²) >= 11 is 0. The van der Waals surface area contributed by atoms with E-state index in [2.05, 4.69) is 10.2 Å². The van der Waals surface area contributed by atoms with Crippen LogP contribution >= 0.6 is 0 Å². The van der Waals surface area contributed by atoms with Crippen molar-refractivity contribution >= 4 is 0 Å². The number of hydrogen-bond donors (Lipinski definition) is 0. The molecule has 0 atom stereocenters. The number of aryl methyl sites for hydroxylation is 1. The van der Waals surface area contributed by atoms with Gasteiger partial charge in [-0.05, 0) is 37.3 Å². The molecule has 0 aliphatic carbocycles. The molecule has 1 aromatic heterocycles. The highest BCUT2D eigenvalue weighted by Crippen LogP contribution is 2.32. The maximum atomic E-state index is 5.75. The van der Waals surface area contributed by atoms with E-state index in [1.165, 1.54) is 5.56 Å². The molecule has 22 heavy (non-hydrogen) atoms. The maximum Gasteiger partial charge on any atom is 0.248 e. The predicted molar refractivity (Wildman–Crippen MR) is 83.0 cm³/mol. The molecule has 0 aliphatic heterocycles. The van der Waals surface area contributed by atoms with Crippen LogP contribution in [0.2, 0.25) is 0 Å². The summed E-state index contributed by atoms with van der Waals surface area (Å²) < 4.78 is 16.3. The van der Waals surface area contributed by atoms with Gasteiger partial charge in [-0.1, -0.05) is 17.7 Å². The summed E-state index contributed by atoms with van der Waals surface area (Å²) in [6.45, 7) is 2.03. The van der Waals surface area contributed by atoms with Gasteiger partial charge in [0.1, 0.15) is 0 Å². The van der Waals surface area contributed by atoms with Crippen LogP contribution in [-0.2, 0) is 0 Å². The molecule has 3 rings (SSSR count). The van der Waals surface area contributed by atoms with Crippen LogP contribution < -0.4 is 9.47 Å². The Hall–Kier alpha value is -2.82. The molecule has 0 bridgehead atoms. The third kappa shape index (κ3) is 2.65. The number of hydrogen-bond acceptors (Lipinski definition) is 5. The van der Waals surface area contributed by atoms with Crippen LogP contribution in [0.1, 0.15) is 5.56 Å². The van der Waals surface area contributed by atoms with Crippen LogP contribution in [0.25, 0.3) is 22.9 Å². The van der Waals surface area contributed by atoms with Crippen molar-refractivity contribution in [1.82, 2.24) is 10.2 Å². The number of rotatable bonds is 4. The van der Waals surface area contributed by atoms with E-state index in [1.54, 1.807) is 14.2 Å². The first kappa shape index (κ1) is 14.1. The Kier molecular flexibility index (Phi) is 3.78. The van der Waals surface area contributed by atoms with Gasteiger partial charge in [0.25, 0.3) is 0 Å².